The smallest absolute Gasteiger partial charge is 0.143 e. The Kier molecular flexibility index (Phi) is 7.57. The van der Waals surface area contributed by atoms with E-state index in [-0.39, 0.29) is 0 Å². The van der Waals surface area contributed by atoms with Gasteiger partial charge in [0.25, 0.3) is 0 Å². The highest BCUT2D eigenvalue weighted by Gasteiger charge is 2.07. The molecule has 110 valence electrons. The Morgan fingerprint density at radius 2 is 2.00 bits per heavy atom. The molecule has 1 N–H and O–H groups in total. The summed E-state index contributed by atoms with van der Waals surface area (Å²) in [7, 11) is 1.64. The third kappa shape index (κ3) is 5.52. The number of hydrogen-bond donors (Lipinski definition) is 1. The van der Waals surface area contributed by atoms with Gasteiger partial charge in [0.05, 0.1) is 24.4 Å². The second kappa shape index (κ2) is 9.25. The van der Waals surface area contributed by atoms with Crippen LogP contribution in [-0.2, 0) is 0 Å². The van der Waals surface area contributed by atoms with Gasteiger partial charge in [-0.3, -0.25) is 0 Å². The Hall–Kier alpha value is -1.69. The van der Waals surface area contributed by atoms with Crippen LogP contribution in [0.15, 0.2) is 18.2 Å². The molecule has 1 aromatic rings. The summed E-state index contributed by atoms with van der Waals surface area (Å²) in [6.07, 6.45) is 7.69. The summed E-state index contributed by atoms with van der Waals surface area (Å²) in [5, 5.41) is 12.4. The second-order valence-electron chi connectivity index (χ2n) is 5.28. The van der Waals surface area contributed by atoms with Gasteiger partial charge in [0, 0.05) is 12.1 Å². The Labute approximate surface area is 123 Å². The summed E-state index contributed by atoms with van der Waals surface area (Å²) in [6.45, 7) is 4.43. The molecule has 1 atom stereocenters. The maximum absolute atomic E-state index is 8.89. The van der Waals surface area contributed by atoms with E-state index in [1.54, 1.807) is 13.2 Å². The number of ether oxygens (including phenoxy) is 1. The Morgan fingerprint density at radius 3 is 2.65 bits per heavy atom. The van der Waals surface area contributed by atoms with Crippen LogP contribution in [0, 0.1) is 11.3 Å². The predicted octanol–water partition coefficient (Wildman–Crippen LogP) is 4.73. The van der Waals surface area contributed by atoms with Crippen LogP contribution in [0.2, 0.25) is 0 Å². The molecule has 0 heterocycles. The summed E-state index contributed by atoms with van der Waals surface area (Å²) in [4.78, 5) is 0. The average Bonchev–Trinajstić information content (AvgIpc) is 2.47. The number of nitriles is 1. The quantitative estimate of drug-likeness (QED) is 0.662. The molecule has 3 nitrogen and oxygen atoms in total. The summed E-state index contributed by atoms with van der Waals surface area (Å²) in [5.41, 5.74) is 1.59. The molecule has 0 aliphatic heterocycles. The SMILES string of the molecule is CCCCCCCC(C)Nc1ccc(C#N)cc1OC. The van der Waals surface area contributed by atoms with E-state index >= 15 is 0 Å². The largest absolute Gasteiger partial charge is 0.495 e. The minimum Gasteiger partial charge on any atom is -0.495 e. The monoisotopic (exact) mass is 274 g/mol. The lowest BCUT2D eigenvalue weighted by molar-refractivity contribution is 0.415. The molecule has 0 amide bonds. The second-order valence-corrected chi connectivity index (χ2v) is 5.28. The molecular weight excluding hydrogens is 248 g/mol. The third-order valence-electron chi connectivity index (χ3n) is 3.47. The molecule has 0 aliphatic rings. The molecule has 0 spiro atoms. The van der Waals surface area contributed by atoms with Gasteiger partial charge in [-0.25, -0.2) is 0 Å². The molecule has 0 saturated heterocycles. The van der Waals surface area contributed by atoms with Crippen molar-refractivity contribution in [3.05, 3.63) is 23.8 Å². The molecule has 20 heavy (non-hydrogen) atoms. The molecule has 0 bridgehead atoms. The molecule has 0 aliphatic carbocycles. The fraction of sp³-hybridized carbons (Fsp3) is 0.588. The number of anilines is 1. The van der Waals surface area contributed by atoms with Gasteiger partial charge in [0.15, 0.2) is 0 Å². The Bertz CT molecular complexity index is 437. The van der Waals surface area contributed by atoms with E-state index in [1.807, 2.05) is 12.1 Å². The van der Waals surface area contributed by atoms with Gasteiger partial charge >= 0.3 is 0 Å². The summed E-state index contributed by atoms with van der Waals surface area (Å²) in [6, 6.07) is 8.06. The first-order valence-corrected chi connectivity index (χ1v) is 7.56. The number of nitrogens with zero attached hydrogens (tertiary/aromatic N) is 1. The highest BCUT2D eigenvalue weighted by molar-refractivity contribution is 5.59. The zero-order chi connectivity index (χ0) is 14.8. The summed E-state index contributed by atoms with van der Waals surface area (Å²) < 4.78 is 5.33. The zero-order valence-electron chi connectivity index (χ0n) is 12.9. The summed E-state index contributed by atoms with van der Waals surface area (Å²) in [5.74, 6) is 0.738. The van der Waals surface area contributed by atoms with Crippen molar-refractivity contribution in [2.24, 2.45) is 0 Å². The van der Waals surface area contributed by atoms with E-state index in [0.29, 0.717) is 11.6 Å². The van der Waals surface area contributed by atoms with Gasteiger partial charge in [-0.05, 0) is 25.5 Å². The van der Waals surface area contributed by atoms with Crippen LogP contribution in [0.4, 0.5) is 5.69 Å². The molecule has 0 saturated carbocycles. The number of rotatable bonds is 9. The van der Waals surface area contributed by atoms with Crippen LogP contribution in [0.25, 0.3) is 0 Å². The lowest BCUT2D eigenvalue weighted by atomic mass is 10.1. The zero-order valence-corrected chi connectivity index (χ0v) is 12.9. The van der Waals surface area contributed by atoms with Crippen molar-refractivity contribution >= 4 is 5.69 Å². The van der Waals surface area contributed by atoms with Crippen LogP contribution in [0.1, 0.15) is 57.9 Å². The number of unbranched alkanes of at least 4 members (excludes halogenated alkanes) is 4. The molecule has 1 rings (SSSR count). The van der Waals surface area contributed by atoms with Crippen molar-refractivity contribution in [2.45, 2.75) is 58.4 Å². The van der Waals surface area contributed by atoms with Crippen LogP contribution < -0.4 is 10.1 Å². The predicted molar refractivity (Wildman–Crippen MR) is 84.2 cm³/mol. The highest BCUT2D eigenvalue weighted by atomic mass is 16.5. The standard InChI is InChI=1S/C17H26N2O/c1-4-5-6-7-8-9-14(2)19-16-11-10-15(13-18)12-17(16)20-3/h10-12,14,19H,4-9H2,1-3H3. The fourth-order valence-corrected chi connectivity index (χ4v) is 2.27. The van der Waals surface area contributed by atoms with E-state index in [0.717, 1.165) is 17.9 Å². The average molecular weight is 274 g/mol. The maximum Gasteiger partial charge on any atom is 0.143 e. The van der Waals surface area contributed by atoms with Gasteiger partial charge in [0.1, 0.15) is 5.75 Å². The fourth-order valence-electron chi connectivity index (χ4n) is 2.27. The van der Waals surface area contributed by atoms with Gasteiger partial charge < -0.3 is 10.1 Å². The Morgan fingerprint density at radius 1 is 1.25 bits per heavy atom. The van der Waals surface area contributed by atoms with Crippen LogP contribution in [0.5, 0.6) is 5.75 Å². The van der Waals surface area contributed by atoms with E-state index in [9.17, 15) is 0 Å². The van der Waals surface area contributed by atoms with Gasteiger partial charge in [-0.1, -0.05) is 39.0 Å². The first kappa shape index (κ1) is 16.4. The number of methoxy groups -OCH3 is 1. The van der Waals surface area contributed by atoms with Crippen molar-refractivity contribution < 1.29 is 4.74 Å². The number of benzene rings is 1. The molecular formula is C17H26N2O. The molecule has 1 unspecified atom stereocenters. The van der Waals surface area contributed by atoms with Crippen molar-refractivity contribution in [3.63, 3.8) is 0 Å². The van der Waals surface area contributed by atoms with E-state index in [2.05, 4.69) is 25.2 Å². The van der Waals surface area contributed by atoms with Gasteiger partial charge in [0.2, 0.25) is 0 Å². The van der Waals surface area contributed by atoms with Crippen molar-refractivity contribution in [1.29, 1.82) is 5.26 Å². The highest BCUT2D eigenvalue weighted by Crippen LogP contribution is 2.26. The van der Waals surface area contributed by atoms with Crippen molar-refractivity contribution in [1.82, 2.24) is 0 Å². The lowest BCUT2D eigenvalue weighted by Gasteiger charge is -2.17. The van der Waals surface area contributed by atoms with Gasteiger partial charge in [-0.15, -0.1) is 0 Å². The lowest BCUT2D eigenvalue weighted by Crippen LogP contribution is -2.15. The molecule has 0 aromatic heterocycles. The molecule has 1 aromatic carbocycles. The maximum atomic E-state index is 8.89. The van der Waals surface area contributed by atoms with Crippen molar-refractivity contribution in [3.8, 4) is 11.8 Å². The first-order chi connectivity index (χ1) is 9.71. The number of nitrogens with one attached hydrogen (secondary N) is 1. The molecule has 3 heteroatoms. The number of hydrogen-bond acceptors (Lipinski definition) is 3. The minimum atomic E-state index is 0.415. The first-order valence-electron chi connectivity index (χ1n) is 7.56. The van der Waals surface area contributed by atoms with Crippen LogP contribution in [0.3, 0.4) is 0 Å². The van der Waals surface area contributed by atoms with Crippen LogP contribution >= 0.6 is 0 Å². The third-order valence-corrected chi connectivity index (χ3v) is 3.47. The van der Waals surface area contributed by atoms with E-state index in [1.165, 1.54) is 32.1 Å². The summed E-state index contributed by atoms with van der Waals surface area (Å²) >= 11 is 0. The minimum absolute atomic E-state index is 0.415. The van der Waals surface area contributed by atoms with Crippen molar-refractivity contribution in [2.75, 3.05) is 12.4 Å². The molecule has 0 radical (unpaired) electrons. The topological polar surface area (TPSA) is 45.0 Å². The van der Waals surface area contributed by atoms with Crippen LogP contribution in [-0.4, -0.2) is 13.2 Å². The molecule has 0 fully saturated rings. The van der Waals surface area contributed by atoms with E-state index in [4.69, 9.17) is 10.00 Å². The normalized spacial score (nSPS) is 11.7. The Balaban J connectivity index is 2.45. The van der Waals surface area contributed by atoms with Gasteiger partial charge in [-0.2, -0.15) is 5.26 Å². The van der Waals surface area contributed by atoms with E-state index < -0.39 is 0 Å².